The number of rotatable bonds is 4. The summed E-state index contributed by atoms with van der Waals surface area (Å²) in [6, 6.07) is 7.00. The highest BCUT2D eigenvalue weighted by atomic mass is 16.4. The van der Waals surface area contributed by atoms with Gasteiger partial charge in [0.1, 0.15) is 6.04 Å². The molecule has 0 saturated carbocycles. The molecule has 5 nitrogen and oxygen atoms in total. The first-order valence-electron chi connectivity index (χ1n) is 6.73. The Kier molecular flexibility index (Phi) is 4.39. The number of carbonyl (C=O) groups excluding carboxylic acids is 1. The van der Waals surface area contributed by atoms with Gasteiger partial charge < -0.3 is 15.1 Å². The van der Waals surface area contributed by atoms with Crippen LogP contribution in [-0.2, 0) is 16.0 Å². The molecule has 5 heteroatoms. The molecule has 0 bridgehead atoms. The number of aliphatic hydroxyl groups is 1. The minimum Gasteiger partial charge on any atom is -0.480 e. The predicted octanol–water partition coefficient (Wildman–Crippen LogP) is 0.974. The second-order valence-corrected chi connectivity index (χ2v) is 5.28. The van der Waals surface area contributed by atoms with E-state index in [0.29, 0.717) is 6.42 Å². The molecule has 0 radical (unpaired) electrons. The molecule has 1 aromatic rings. The molecular weight excluding hydrogens is 258 g/mol. The minimum absolute atomic E-state index is 0.115. The van der Waals surface area contributed by atoms with Crippen LogP contribution in [0.25, 0.3) is 0 Å². The van der Waals surface area contributed by atoms with Crippen molar-refractivity contribution < 1.29 is 19.8 Å². The molecule has 0 aromatic heterocycles. The van der Waals surface area contributed by atoms with Gasteiger partial charge in [-0.2, -0.15) is 0 Å². The summed E-state index contributed by atoms with van der Waals surface area (Å²) in [5, 5.41) is 18.6. The third-order valence-corrected chi connectivity index (χ3v) is 3.59. The van der Waals surface area contributed by atoms with Crippen molar-refractivity contribution in [2.45, 2.75) is 38.3 Å². The maximum Gasteiger partial charge on any atom is 0.326 e. The van der Waals surface area contributed by atoms with Crippen LogP contribution in [0.5, 0.6) is 0 Å². The van der Waals surface area contributed by atoms with Crippen LogP contribution in [-0.4, -0.2) is 45.7 Å². The lowest BCUT2D eigenvalue weighted by atomic mass is 10.1. The molecule has 1 heterocycles. The van der Waals surface area contributed by atoms with Gasteiger partial charge in [0, 0.05) is 19.4 Å². The molecule has 2 rings (SSSR count). The predicted molar refractivity (Wildman–Crippen MR) is 73.3 cm³/mol. The third-order valence-electron chi connectivity index (χ3n) is 3.59. The van der Waals surface area contributed by atoms with Gasteiger partial charge in [0.05, 0.1) is 6.10 Å². The number of hydrogen-bond donors (Lipinski definition) is 2. The maximum absolute atomic E-state index is 12.1. The Bertz CT molecular complexity index is 514. The van der Waals surface area contributed by atoms with Crippen LogP contribution in [0.15, 0.2) is 24.3 Å². The van der Waals surface area contributed by atoms with Gasteiger partial charge in [0.2, 0.25) is 5.91 Å². The molecule has 20 heavy (non-hydrogen) atoms. The summed E-state index contributed by atoms with van der Waals surface area (Å²) in [6.45, 7) is 2.10. The number of hydrogen-bond acceptors (Lipinski definition) is 3. The fourth-order valence-electron chi connectivity index (χ4n) is 2.59. The summed E-state index contributed by atoms with van der Waals surface area (Å²) in [5.41, 5.74) is 2.19. The van der Waals surface area contributed by atoms with Crippen molar-refractivity contribution in [2.75, 3.05) is 6.54 Å². The lowest BCUT2D eigenvalue weighted by molar-refractivity contribution is -0.148. The van der Waals surface area contributed by atoms with Gasteiger partial charge in [-0.3, -0.25) is 4.79 Å². The molecule has 1 aliphatic heterocycles. The van der Waals surface area contributed by atoms with Gasteiger partial charge in [-0.05, 0) is 18.9 Å². The molecule has 0 spiro atoms. The van der Waals surface area contributed by atoms with E-state index in [2.05, 4.69) is 0 Å². The topological polar surface area (TPSA) is 77.8 Å². The second kappa shape index (κ2) is 6.05. The number of amides is 1. The summed E-state index contributed by atoms with van der Waals surface area (Å²) in [5.74, 6) is -1.26. The molecule has 1 fully saturated rings. The van der Waals surface area contributed by atoms with Crippen LogP contribution >= 0.6 is 0 Å². The van der Waals surface area contributed by atoms with E-state index in [0.717, 1.165) is 11.1 Å². The molecule has 1 amide bonds. The van der Waals surface area contributed by atoms with Crippen LogP contribution in [0.3, 0.4) is 0 Å². The summed E-state index contributed by atoms with van der Waals surface area (Å²) in [4.78, 5) is 24.5. The second-order valence-electron chi connectivity index (χ2n) is 5.28. The smallest absolute Gasteiger partial charge is 0.326 e. The van der Waals surface area contributed by atoms with E-state index in [-0.39, 0.29) is 25.3 Å². The van der Waals surface area contributed by atoms with Crippen molar-refractivity contribution in [1.82, 2.24) is 4.90 Å². The normalized spacial score (nSPS) is 22.0. The Morgan fingerprint density at radius 2 is 2.15 bits per heavy atom. The van der Waals surface area contributed by atoms with Gasteiger partial charge in [-0.15, -0.1) is 0 Å². The van der Waals surface area contributed by atoms with E-state index in [9.17, 15) is 14.7 Å². The lowest BCUT2D eigenvalue weighted by Gasteiger charge is -2.21. The number of carbonyl (C=O) groups is 2. The van der Waals surface area contributed by atoms with E-state index in [4.69, 9.17) is 5.11 Å². The number of nitrogens with zero attached hydrogens (tertiary/aromatic N) is 1. The summed E-state index contributed by atoms with van der Waals surface area (Å²) in [7, 11) is 0. The number of aliphatic carboxylic acids is 1. The first kappa shape index (κ1) is 14.5. The van der Waals surface area contributed by atoms with Gasteiger partial charge in [-0.25, -0.2) is 4.79 Å². The van der Waals surface area contributed by atoms with Crippen LogP contribution in [0, 0.1) is 6.92 Å². The van der Waals surface area contributed by atoms with E-state index < -0.39 is 18.1 Å². The number of β-amino-alcohol motifs (C(OH)–C–C–N with tert-alkyl or cyclic N) is 1. The van der Waals surface area contributed by atoms with E-state index in [1.807, 2.05) is 31.2 Å². The van der Waals surface area contributed by atoms with E-state index in [1.54, 1.807) is 0 Å². The van der Waals surface area contributed by atoms with Crippen molar-refractivity contribution in [1.29, 1.82) is 0 Å². The van der Waals surface area contributed by atoms with Crippen molar-refractivity contribution in [2.24, 2.45) is 0 Å². The zero-order valence-electron chi connectivity index (χ0n) is 11.5. The Morgan fingerprint density at radius 3 is 2.80 bits per heavy atom. The monoisotopic (exact) mass is 277 g/mol. The SMILES string of the molecule is Cc1cccc(CCC(=O)N2CC(O)C[C@H]2C(=O)O)c1. The maximum atomic E-state index is 12.1. The molecule has 1 aromatic carbocycles. The molecule has 0 aliphatic carbocycles. The van der Waals surface area contributed by atoms with Gasteiger partial charge in [0.25, 0.3) is 0 Å². The van der Waals surface area contributed by atoms with Crippen molar-refractivity contribution in [3.63, 3.8) is 0 Å². The number of aliphatic hydroxyl groups excluding tert-OH is 1. The minimum atomic E-state index is -1.05. The standard InChI is InChI=1S/C15H19NO4/c1-10-3-2-4-11(7-10)5-6-14(18)16-9-12(17)8-13(16)15(19)20/h2-4,7,12-13,17H,5-6,8-9H2,1H3,(H,19,20)/t12?,13-/m0/s1. The highest BCUT2D eigenvalue weighted by Crippen LogP contribution is 2.20. The van der Waals surface area contributed by atoms with Crippen LogP contribution < -0.4 is 0 Å². The Hall–Kier alpha value is -1.88. The highest BCUT2D eigenvalue weighted by Gasteiger charge is 2.38. The third kappa shape index (κ3) is 3.36. The number of carboxylic acids is 1. The van der Waals surface area contributed by atoms with Crippen molar-refractivity contribution in [3.05, 3.63) is 35.4 Å². The molecule has 2 atom stereocenters. The quantitative estimate of drug-likeness (QED) is 0.859. The summed E-state index contributed by atoms with van der Waals surface area (Å²) >= 11 is 0. The van der Waals surface area contributed by atoms with Crippen LogP contribution in [0.1, 0.15) is 24.0 Å². The fraction of sp³-hybridized carbons (Fsp3) is 0.467. The number of likely N-dealkylation sites (tertiary alicyclic amines) is 1. The zero-order valence-corrected chi connectivity index (χ0v) is 11.5. The summed E-state index contributed by atoms with van der Waals surface area (Å²) < 4.78 is 0. The van der Waals surface area contributed by atoms with Crippen molar-refractivity contribution in [3.8, 4) is 0 Å². The molecule has 1 unspecified atom stereocenters. The summed E-state index contributed by atoms with van der Waals surface area (Å²) in [6.07, 6.45) is 0.226. The van der Waals surface area contributed by atoms with Gasteiger partial charge >= 0.3 is 5.97 Å². The Labute approximate surface area is 117 Å². The largest absolute Gasteiger partial charge is 0.480 e. The average Bonchev–Trinajstić information content (AvgIpc) is 2.78. The van der Waals surface area contributed by atoms with Gasteiger partial charge in [0.15, 0.2) is 0 Å². The molecule has 108 valence electrons. The fourth-order valence-corrected chi connectivity index (χ4v) is 2.59. The first-order valence-corrected chi connectivity index (χ1v) is 6.73. The van der Waals surface area contributed by atoms with Crippen molar-refractivity contribution >= 4 is 11.9 Å². The molecule has 2 N–H and O–H groups in total. The Morgan fingerprint density at radius 1 is 1.40 bits per heavy atom. The first-order chi connectivity index (χ1) is 9.47. The number of aryl methyl sites for hydroxylation is 2. The number of carboxylic acid groups (broad SMARTS) is 1. The average molecular weight is 277 g/mol. The van der Waals surface area contributed by atoms with Gasteiger partial charge in [-0.1, -0.05) is 29.8 Å². The Balaban J connectivity index is 1.96. The molecule has 1 aliphatic rings. The van der Waals surface area contributed by atoms with E-state index in [1.165, 1.54) is 4.90 Å². The lowest BCUT2D eigenvalue weighted by Crippen LogP contribution is -2.40. The highest BCUT2D eigenvalue weighted by molar-refractivity contribution is 5.84. The molecular formula is C15H19NO4. The number of benzene rings is 1. The zero-order chi connectivity index (χ0) is 14.7. The van der Waals surface area contributed by atoms with E-state index >= 15 is 0 Å². The van der Waals surface area contributed by atoms with Crippen LogP contribution in [0.2, 0.25) is 0 Å². The molecule has 1 saturated heterocycles. The van der Waals surface area contributed by atoms with Crippen LogP contribution in [0.4, 0.5) is 0 Å².